The highest BCUT2D eigenvalue weighted by Crippen LogP contribution is 2.17. The van der Waals surface area contributed by atoms with Crippen LogP contribution in [0.5, 0.6) is 0 Å². The zero-order valence-corrected chi connectivity index (χ0v) is 20.0. The number of morpholine rings is 2. The molecule has 0 aromatic heterocycles. The molecule has 2 atom stereocenters. The van der Waals surface area contributed by atoms with Crippen LogP contribution >= 0.6 is 0 Å². The van der Waals surface area contributed by atoms with Crippen molar-refractivity contribution in [1.82, 2.24) is 20.4 Å². The Morgan fingerprint density at radius 3 is 2.35 bits per heavy atom. The molecule has 31 heavy (non-hydrogen) atoms. The highest BCUT2D eigenvalue weighted by molar-refractivity contribution is 5.79. The quantitative estimate of drug-likeness (QED) is 0.509. The van der Waals surface area contributed by atoms with Gasteiger partial charge in [0.2, 0.25) is 0 Å². The van der Waals surface area contributed by atoms with E-state index in [0.29, 0.717) is 0 Å². The van der Waals surface area contributed by atoms with Gasteiger partial charge in [-0.1, -0.05) is 24.3 Å². The molecule has 2 unspecified atom stereocenters. The van der Waals surface area contributed by atoms with E-state index >= 15 is 0 Å². The standard InChI is InChI=1S/C24H41N5O2/c1-19-15-28(16-20(2)31-19)17-22-9-7-6-8-21(22)14-26-23(25-5)27-18-24(3,4)29-10-12-30-13-11-29/h6-9,19-20H,10-18H2,1-5H3,(H2,25,26,27). The van der Waals surface area contributed by atoms with Crippen LogP contribution in [0.25, 0.3) is 0 Å². The van der Waals surface area contributed by atoms with Crippen molar-refractivity contribution in [2.75, 3.05) is 53.0 Å². The zero-order chi connectivity index (χ0) is 22.3. The number of rotatable bonds is 7. The molecule has 3 rings (SSSR count). The van der Waals surface area contributed by atoms with Gasteiger partial charge in [-0.3, -0.25) is 14.8 Å². The number of ether oxygens (including phenoxy) is 2. The lowest BCUT2D eigenvalue weighted by molar-refractivity contribution is -0.0705. The van der Waals surface area contributed by atoms with Gasteiger partial charge in [-0.25, -0.2) is 0 Å². The topological polar surface area (TPSA) is 61.4 Å². The molecule has 174 valence electrons. The summed E-state index contributed by atoms with van der Waals surface area (Å²) in [6.45, 7) is 16.9. The highest BCUT2D eigenvalue weighted by atomic mass is 16.5. The van der Waals surface area contributed by atoms with Crippen LogP contribution in [0, 0.1) is 0 Å². The minimum atomic E-state index is 0.0447. The lowest BCUT2D eigenvalue weighted by Gasteiger charge is -2.41. The van der Waals surface area contributed by atoms with Gasteiger partial charge >= 0.3 is 0 Å². The Morgan fingerprint density at radius 2 is 1.71 bits per heavy atom. The van der Waals surface area contributed by atoms with Gasteiger partial charge < -0.3 is 20.1 Å². The van der Waals surface area contributed by atoms with Gasteiger partial charge in [0.25, 0.3) is 0 Å². The Bertz CT molecular complexity index is 708. The maximum atomic E-state index is 5.89. The number of aliphatic imine (C=N–C) groups is 1. The van der Waals surface area contributed by atoms with Gasteiger partial charge in [-0.2, -0.15) is 0 Å². The van der Waals surface area contributed by atoms with E-state index in [-0.39, 0.29) is 17.7 Å². The molecule has 7 nitrogen and oxygen atoms in total. The maximum Gasteiger partial charge on any atom is 0.191 e. The molecule has 2 aliphatic heterocycles. The van der Waals surface area contributed by atoms with Gasteiger partial charge in [0, 0.05) is 58.4 Å². The summed E-state index contributed by atoms with van der Waals surface area (Å²) in [5.41, 5.74) is 2.72. The minimum absolute atomic E-state index is 0.0447. The summed E-state index contributed by atoms with van der Waals surface area (Å²) in [6.07, 6.45) is 0.568. The van der Waals surface area contributed by atoms with E-state index < -0.39 is 0 Å². The first-order valence-electron chi connectivity index (χ1n) is 11.6. The summed E-state index contributed by atoms with van der Waals surface area (Å²) in [5.74, 6) is 0.838. The van der Waals surface area contributed by atoms with Gasteiger partial charge in [-0.15, -0.1) is 0 Å². The van der Waals surface area contributed by atoms with Crippen molar-refractivity contribution >= 4 is 5.96 Å². The zero-order valence-electron chi connectivity index (χ0n) is 20.0. The van der Waals surface area contributed by atoms with Gasteiger partial charge in [0.05, 0.1) is 25.4 Å². The molecule has 1 aromatic carbocycles. The number of benzene rings is 1. The lowest BCUT2D eigenvalue weighted by Crippen LogP contribution is -2.56. The van der Waals surface area contributed by atoms with E-state index in [9.17, 15) is 0 Å². The summed E-state index contributed by atoms with van der Waals surface area (Å²) in [4.78, 5) is 9.42. The molecule has 2 aliphatic rings. The maximum absolute atomic E-state index is 5.89. The fourth-order valence-corrected chi connectivity index (χ4v) is 4.52. The van der Waals surface area contributed by atoms with Crippen LogP contribution in [0.1, 0.15) is 38.8 Å². The second-order valence-corrected chi connectivity index (χ2v) is 9.41. The van der Waals surface area contributed by atoms with Crippen LogP contribution in [0.4, 0.5) is 0 Å². The fraction of sp³-hybridized carbons (Fsp3) is 0.708. The van der Waals surface area contributed by atoms with E-state index in [0.717, 1.165) is 65.0 Å². The first kappa shape index (κ1) is 24.0. The number of nitrogens with zero attached hydrogens (tertiary/aromatic N) is 3. The van der Waals surface area contributed by atoms with E-state index in [1.165, 1.54) is 11.1 Å². The molecule has 2 heterocycles. The summed E-state index contributed by atoms with van der Waals surface area (Å²) < 4.78 is 11.4. The number of hydrogen-bond acceptors (Lipinski definition) is 5. The van der Waals surface area contributed by atoms with Crippen molar-refractivity contribution in [3.63, 3.8) is 0 Å². The van der Waals surface area contributed by atoms with Crippen molar-refractivity contribution in [3.05, 3.63) is 35.4 Å². The Labute approximate surface area is 188 Å². The van der Waals surface area contributed by atoms with E-state index in [2.05, 4.69) is 77.4 Å². The third-order valence-corrected chi connectivity index (χ3v) is 6.23. The van der Waals surface area contributed by atoms with Crippen LogP contribution in [0.2, 0.25) is 0 Å². The molecule has 0 radical (unpaired) electrons. The first-order valence-corrected chi connectivity index (χ1v) is 11.6. The molecule has 1 aromatic rings. The molecular weight excluding hydrogens is 390 g/mol. The Hall–Kier alpha value is -1.67. The molecule has 0 spiro atoms. The van der Waals surface area contributed by atoms with Crippen molar-refractivity contribution in [1.29, 1.82) is 0 Å². The average Bonchev–Trinajstić information content (AvgIpc) is 2.75. The van der Waals surface area contributed by atoms with Crippen LogP contribution in [0.3, 0.4) is 0 Å². The summed E-state index contributed by atoms with van der Waals surface area (Å²) in [6, 6.07) is 8.69. The molecule has 2 fully saturated rings. The van der Waals surface area contributed by atoms with Crippen molar-refractivity contribution in [3.8, 4) is 0 Å². The summed E-state index contributed by atoms with van der Waals surface area (Å²) >= 11 is 0. The molecule has 7 heteroatoms. The second-order valence-electron chi connectivity index (χ2n) is 9.41. The molecule has 2 N–H and O–H groups in total. The third kappa shape index (κ3) is 7.17. The molecule has 0 bridgehead atoms. The van der Waals surface area contributed by atoms with Gasteiger partial charge in [0.15, 0.2) is 5.96 Å². The lowest BCUT2D eigenvalue weighted by atomic mass is 10.0. The fourth-order valence-electron chi connectivity index (χ4n) is 4.52. The minimum Gasteiger partial charge on any atom is -0.379 e. The Kier molecular flexibility index (Phi) is 8.72. The van der Waals surface area contributed by atoms with E-state index in [1.54, 1.807) is 0 Å². The number of guanidine groups is 1. The highest BCUT2D eigenvalue weighted by Gasteiger charge is 2.28. The molecule has 2 saturated heterocycles. The van der Waals surface area contributed by atoms with Crippen molar-refractivity contribution < 1.29 is 9.47 Å². The third-order valence-electron chi connectivity index (χ3n) is 6.23. The number of nitrogens with one attached hydrogen (secondary N) is 2. The summed E-state index contributed by atoms with van der Waals surface area (Å²) in [5, 5.41) is 7.03. The van der Waals surface area contributed by atoms with Crippen LogP contribution in [-0.2, 0) is 22.6 Å². The molecular formula is C24H41N5O2. The van der Waals surface area contributed by atoms with E-state index in [1.807, 2.05) is 7.05 Å². The predicted molar refractivity (Wildman–Crippen MR) is 126 cm³/mol. The van der Waals surface area contributed by atoms with E-state index in [4.69, 9.17) is 9.47 Å². The largest absolute Gasteiger partial charge is 0.379 e. The average molecular weight is 432 g/mol. The Balaban J connectivity index is 1.53. The summed E-state index contributed by atoms with van der Waals surface area (Å²) in [7, 11) is 1.83. The molecule has 0 saturated carbocycles. The smallest absolute Gasteiger partial charge is 0.191 e. The molecule has 0 aliphatic carbocycles. The SMILES string of the molecule is CN=C(NCc1ccccc1CN1CC(C)OC(C)C1)NCC(C)(C)N1CCOCC1. The van der Waals surface area contributed by atoms with Gasteiger partial charge in [-0.05, 0) is 38.8 Å². The normalized spacial score (nSPS) is 24.2. The van der Waals surface area contributed by atoms with Crippen LogP contribution in [0.15, 0.2) is 29.3 Å². The first-order chi connectivity index (χ1) is 14.9. The van der Waals surface area contributed by atoms with Crippen LogP contribution in [-0.4, -0.2) is 86.5 Å². The Morgan fingerprint density at radius 1 is 1.06 bits per heavy atom. The monoisotopic (exact) mass is 431 g/mol. The van der Waals surface area contributed by atoms with Gasteiger partial charge in [0.1, 0.15) is 0 Å². The van der Waals surface area contributed by atoms with Crippen molar-refractivity contribution in [2.24, 2.45) is 4.99 Å². The second kappa shape index (κ2) is 11.3. The predicted octanol–water partition coefficient (Wildman–Crippen LogP) is 2.07. The molecule has 0 amide bonds. The van der Waals surface area contributed by atoms with Crippen molar-refractivity contribution in [2.45, 2.75) is 58.5 Å². The number of hydrogen-bond donors (Lipinski definition) is 2. The van der Waals surface area contributed by atoms with Crippen LogP contribution < -0.4 is 10.6 Å².